The van der Waals surface area contributed by atoms with Crippen LogP contribution in [-0.2, 0) is 0 Å². The van der Waals surface area contributed by atoms with Crippen LogP contribution in [0.15, 0.2) is 53.6 Å². The molecule has 0 unspecified atom stereocenters. The van der Waals surface area contributed by atoms with Crippen molar-refractivity contribution in [2.45, 2.75) is 6.92 Å². The van der Waals surface area contributed by atoms with Gasteiger partial charge in [0.15, 0.2) is 0 Å². The quantitative estimate of drug-likeness (QED) is 0.667. The standard InChI is InChI=1S/C16H19N3/c1-13-4-8-15(9-5-13)18-17-12-14-6-10-16(11-7-14)19(2)3/h4-12,18H,1-3H3. The third-order valence-corrected chi connectivity index (χ3v) is 2.87. The molecule has 0 fully saturated rings. The molecular formula is C16H19N3. The van der Waals surface area contributed by atoms with Gasteiger partial charge >= 0.3 is 0 Å². The van der Waals surface area contributed by atoms with E-state index in [1.807, 2.05) is 32.4 Å². The molecule has 1 N–H and O–H groups in total. The number of nitrogens with zero attached hydrogens (tertiary/aromatic N) is 2. The van der Waals surface area contributed by atoms with Crippen molar-refractivity contribution < 1.29 is 0 Å². The Balaban J connectivity index is 1.97. The lowest BCUT2D eigenvalue weighted by Gasteiger charge is -2.11. The smallest absolute Gasteiger partial charge is 0.0561 e. The van der Waals surface area contributed by atoms with Crippen molar-refractivity contribution in [3.05, 3.63) is 59.7 Å². The molecule has 0 aliphatic rings. The third kappa shape index (κ3) is 3.85. The van der Waals surface area contributed by atoms with Crippen LogP contribution in [0.4, 0.5) is 11.4 Å². The van der Waals surface area contributed by atoms with Gasteiger partial charge in [0.05, 0.1) is 11.9 Å². The molecule has 0 aliphatic heterocycles. The maximum Gasteiger partial charge on any atom is 0.0561 e. The van der Waals surface area contributed by atoms with E-state index in [0.29, 0.717) is 0 Å². The summed E-state index contributed by atoms with van der Waals surface area (Å²) < 4.78 is 0. The summed E-state index contributed by atoms with van der Waals surface area (Å²) in [4.78, 5) is 2.07. The highest BCUT2D eigenvalue weighted by molar-refractivity contribution is 5.80. The molecule has 0 bridgehead atoms. The fourth-order valence-corrected chi connectivity index (χ4v) is 1.67. The summed E-state index contributed by atoms with van der Waals surface area (Å²) in [6.45, 7) is 2.07. The van der Waals surface area contributed by atoms with E-state index in [1.54, 1.807) is 0 Å². The zero-order chi connectivity index (χ0) is 13.7. The van der Waals surface area contributed by atoms with Gasteiger partial charge in [-0.15, -0.1) is 0 Å². The van der Waals surface area contributed by atoms with E-state index in [1.165, 1.54) is 11.3 Å². The van der Waals surface area contributed by atoms with Crippen LogP contribution in [0.25, 0.3) is 0 Å². The minimum atomic E-state index is 0.992. The van der Waals surface area contributed by atoms with Gasteiger partial charge in [0.25, 0.3) is 0 Å². The van der Waals surface area contributed by atoms with Gasteiger partial charge in [-0.3, -0.25) is 5.43 Å². The number of anilines is 2. The second kappa shape index (κ2) is 6.05. The molecule has 2 aromatic carbocycles. The lowest BCUT2D eigenvalue weighted by atomic mass is 10.2. The number of nitrogens with one attached hydrogen (secondary N) is 1. The Hall–Kier alpha value is -2.29. The second-order valence-corrected chi connectivity index (χ2v) is 4.72. The van der Waals surface area contributed by atoms with Crippen molar-refractivity contribution in [1.82, 2.24) is 0 Å². The number of hydrogen-bond acceptors (Lipinski definition) is 3. The molecule has 0 amide bonds. The zero-order valence-corrected chi connectivity index (χ0v) is 11.6. The molecule has 0 saturated heterocycles. The van der Waals surface area contributed by atoms with Crippen LogP contribution < -0.4 is 10.3 Å². The van der Waals surface area contributed by atoms with Gasteiger partial charge in [0, 0.05) is 19.8 Å². The Morgan fingerprint density at radius 1 is 0.947 bits per heavy atom. The molecule has 0 radical (unpaired) electrons. The summed E-state index contributed by atoms with van der Waals surface area (Å²) in [5.74, 6) is 0. The van der Waals surface area contributed by atoms with E-state index in [4.69, 9.17) is 0 Å². The highest BCUT2D eigenvalue weighted by atomic mass is 15.3. The molecule has 0 spiro atoms. The van der Waals surface area contributed by atoms with Gasteiger partial charge < -0.3 is 4.90 Å². The van der Waals surface area contributed by atoms with E-state index >= 15 is 0 Å². The summed E-state index contributed by atoms with van der Waals surface area (Å²) in [6, 6.07) is 16.4. The molecule has 0 aromatic heterocycles. The summed E-state index contributed by atoms with van der Waals surface area (Å²) >= 11 is 0. The number of aryl methyl sites for hydroxylation is 1. The first-order chi connectivity index (χ1) is 9.15. The Labute approximate surface area is 114 Å². The van der Waals surface area contributed by atoms with Gasteiger partial charge in [0.2, 0.25) is 0 Å². The minimum Gasteiger partial charge on any atom is -0.378 e. The predicted octanol–water partition coefficient (Wildman–Crippen LogP) is 3.51. The molecule has 0 atom stereocenters. The lowest BCUT2D eigenvalue weighted by Crippen LogP contribution is -2.08. The Kier molecular flexibility index (Phi) is 4.18. The number of hydrazone groups is 1. The fraction of sp³-hybridized carbons (Fsp3) is 0.188. The zero-order valence-electron chi connectivity index (χ0n) is 11.6. The first-order valence-electron chi connectivity index (χ1n) is 6.28. The molecular weight excluding hydrogens is 234 g/mol. The first kappa shape index (κ1) is 13.1. The summed E-state index contributed by atoms with van der Waals surface area (Å²) in [5.41, 5.74) is 7.51. The van der Waals surface area contributed by atoms with Crippen LogP contribution in [0.2, 0.25) is 0 Å². The van der Waals surface area contributed by atoms with E-state index < -0.39 is 0 Å². The first-order valence-corrected chi connectivity index (χ1v) is 6.28. The van der Waals surface area contributed by atoms with Crippen molar-refractivity contribution in [2.24, 2.45) is 5.10 Å². The SMILES string of the molecule is Cc1ccc(NN=Cc2ccc(N(C)C)cc2)cc1. The van der Waals surface area contributed by atoms with Crippen molar-refractivity contribution in [3.63, 3.8) is 0 Å². The third-order valence-electron chi connectivity index (χ3n) is 2.87. The second-order valence-electron chi connectivity index (χ2n) is 4.72. The average molecular weight is 253 g/mol. The van der Waals surface area contributed by atoms with E-state index in [-0.39, 0.29) is 0 Å². The molecule has 3 nitrogen and oxygen atoms in total. The largest absolute Gasteiger partial charge is 0.378 e. The Morgan fingerprint density at radius 3 is 2.16 bits per heavy atom. The Bertz CT molecular complexity index is 539. The van der Waals surface area contributed by atoms with Crippen molar-refractivity contribution >= 4 is 17.6 Å². The molecule has 3 heteroatoms. The van der Waals surface area contributed by atoms with Crippen molar-refractivity contribution in [3.8, 4) is 0 Å². The van der Waals surface area contributed by atoms with Crippen LogP contribution >= 0.6 is 0 Å². The van der Waals surface area contributed by atoms with Crippen molar-refractivity contribution in [2.75, 3.05) is 24.4 Å². The summed E-state index contributed by atoms with van der Waals surface area (Å²) in [5, 5.41) is 4.23. The fourth-order valence-electron chi connectivity index (χ4n) is 1.67. The molecule has 0 saturated carbocycles. The van der Waals surface area contributed by atoms with Gasteiger partial charge in [-0.1, -0.05) is 29.8 Å². The molecule has 0 heterocycles. The van der Waals surface area contributed by atoms with Gasteiger partial charge in [-0.2, -0.15) is 5.10 Å². The summed E-state index contributed by atoms with van der Waals surface area (Å²) in [7, 11) is 4.06. The maximum absolute atomic E-state index is 4.23. The van der Waals surface area contributed by atoms with Gasteiger partial charge in [0.1, 0.15) is 0 Å². The molecule has 0 aliphatic carbocycles. The van der Waals surface area contributed by atoms with Crippen LogP contribution in [-0.4, -0.2) is 20.3 Å². The highest BCUT2D eigenvalue weighted by Gasteiger charge is 1.94. The van der Waals surface area contributed by atoms with Crippen LogP contribution in [0.5, 0.6) is 0 Å². The normalized spacial score (nSPS) is 10.7. The van der Waals surface area contributed by atoms with Crippen LogP contribution in [0.1, 0.15) is 11.1 Å². The number of benzene rings is 2. The summed E-state index contributed by atoms with van der Waals surface area (Å²) in [6.07, 6.45) is 1.82. The monoisotopic (exact) mass is 253 g/mol. The van der Waals surface area contributed by atoms with Crippen LogP contribution in [0.3, 0.4) is 0 Å². The lowest BCUT2D eigenvalue weighted by molar-refractivity contribution is 1.13. The predicted molar refractivity (Wildman–Crippen MR) is 83.2 cm³/mol. The number of hydrogen-bond donors (Lipinski definition) is 1. The Morgan fingerprint density at radius 2 is 1.58 bits per heavy atom. The van der Waals surface area contributed by atoms with Gasteiger partial charge in [-0.25, -0.2) is 0 Å². The average Bonchev–Trinajstić information content (AvgIpc) is 2.41. The molecule has 19 heavy (non-hydrogen) atoms. The molecule has 2 rings (SSSR count). The molecule has 2 aromatic rings. The minimum absolute atomic E-state index is 0.992. The number of rotatable bonds is 4. The van der Waals surface area contributed by atoms with Gasteiger partial charge in [-0.05, 0) is 36.8 Å². The topological polar surface area (TPSA) is 27.6 Å². The highest BCUT2D eigenvalue weighted by Crippen LogP contribution is 2.11. The van der Waals surface area contributed by atoms with E-state index in [2.05, 4.69) is 58.7 Å². The maximum atomic E-state index is 4.23. The van der Waals surface area contributed by atoms with Crippen molar-refractivity contribution in [1.29, 1.82) is 0 Å². The van der Waals surface area contributed by atoms with E-state index in [9.17, 15) is 0 Å². The van der Waals surface area contributed by atoms with E-state index in [0.717, 1.165) is 11.3 Å². The van der Waals surface area contributed by atoms with Crippen LogP contribution in [0, 0.1) is 6.92 Å². The molecule has 98 valence electrons.